The average molecular weight is 325 g/mol. The highest BCUT2D eigenvalue weighted by molar-refractivity contribution is 7.98. The van der Waals surface area contributed by atoms with Gasteiger partial charge in [0.1, 0.15) is 16.8 Å². The van der Waals surface area contributed by atoms with Crippen molar-refractivity contribution in [3.05, 3.63) is 64.5 Å². The summed E-state index contributed by atoms with van der Waals surface area (Å²) >= 11 is 1.41. The molecule has 23 heavy (non-hydrogen) atoms. The van der Waals surface area contributed by atoms with Crippen LogP contribution in [0.2, 0.25) is 0 Å². The second-order valence-electron chi connectivity index (χ2n) is 5.01. The minimum atomic E-state index is -0.448. The number of benzene rings is 2. The summed E-state index contributed by atoms with van der Waals surface area (Å²) in [6.07, 6.45) is 0. The molecule has 0 amide bonds. The number of phenolic OH excluding ortho intramolecular Hbond substituents is 1. The first-order chi connectivity index (χ1) is 11.2. The molecule has 5 nitrogen and oxygen atoms in total. The van der Waals surface area contributed by atoms with Gasteiger partial charge in [-0.25, -0.2) is 9.78 Å². The van der Waals surface area contributed by atoms with Crippen molar-refractivity contribution >= 4 is 33.8 Å². The Balaban J connectivity index is 1.68. The highest BCUT2D eigenvalue weighted by Gasteiger charge is 2.10. The van der Waals surface area contributed by atoms with Gasteiger partial charge in [-0.1, -0.05) is 23.9 Å². The van der Waals surface area contributed by atoms with E-state index in [1.54, 1.807) is 12.1 Å². The lowest BCUT2D eigenvalue weighted by atomic mass is 10.1. The number of oxazole rings is 1. The summed E-state index contributed by atoms with van der Waals surface area (Å²) in [6, 6.07) is 13.7. The molecule has 0 radical (unpaired) electrons. The first kappa shape index (κ1) is 13.9. The number of thioether (sulfide) groups is 1. The quantitative estimate of drug-likeness (QED) is 0.454. The van der Waals surface area contributed by atoms with Crippen LogP contribution in [0.15, 0.2) is 67.4 Å². The van der Waals surface area contributed by atoms with E-state index in [1.165, 1.54) is 23.9 Å². The van der Waals surface area contributed by atoms with Gasteiger partial charge in [-0.2, -0.15) is 0 Å². The lowest BCUT2D eigenvalue weighted by molar-refractivity contribution is 0.473. The Labute approximate surface area is 134 Å². The molecule has 2 heterocycles. The van der Waals surface area contributed by atoms with Crippen molar-refractivity contribution in [2.75, 3.05) is 0 Å². The molecule has 114 valence electrons. The second-order valence-corrected chi connectivity index (χ2v) is 5.93. The Bertz CT molecular complexity index is 1030. The smallest absolute Gasteiger partial charge is 0.336 e. The van der Waals surface area contributed by atoms with Crippen LogP contribution in [0.3, 0.4) is 0 Å². The van der Waals surface area contributed by atoms with E-state index in [0.29, 0.717) is 16.6 Å². The van der Waals surface area contributed by atoms with E-state index in [1.807, 2.05) is 24.3 Å². The zero-order valence-electron chi connectivity index (χ0n) is 11.9. The number of para-hydroxylation sites is 2. The predicted molar refractivity (Wildman–Crippen MR) is 87.7 cm³/mol. The fraction of sp³-hybridized carbons (Fsp3) is 0.0588. The number of phenols is 1. The van der Waals surface area contributed by atoms with E-state index in [9.17, 15) is 9.90 Å². The van der Waals surface area contributed by atoms with Crippen LogP contribution in [-0.4, -0.2) is 10.1 Å². The van der Waals surface area contributed by atoms with Gasteiger partial charge in [0.25, 0.3) is 5.22 Å². The Morgan fingerprint density at radius 2 is 1.91 bits per heavy atom. The van der Waals surface area contributed by atoms with Gasteiger partial charge in [0.15, 0.2) is 5.58 Å². The van der Waals surface area contributed by atoms with Crippen molar-refractivity contribution in [1.82, 2.24) is 4.98 Å². The molecule has 0 saturated carbocycles. The Kier molecular flexibility index (Phi) is 3.31. The molecule has 0 spiro atoms. The standard InChI is InChI=1S/C17H11NO4S/c19-11-5-6-12-10(7-16(20)21-15(12)8-11)9-23-17-18-13-3-1-2-4-14(13)22-17/h1-8,19H,9H2. The van der Waals surface area contributed by atoms with Crippen LogP contribution in [0.25, 0.3) is 22.1 Å². The lowest BCUT2D eigenvalue weighted by Crippen LogP contribution is -1.99. The predicted octanol–water partition coefficient (Wildman–Crippen LogP) is 3.93. The van der Waals surface area contributed by atoms with Crippen molar-refractivity contribution in [2.45, 2.75) is 11.0 Å². The summed E-state index contributed by atoms with van der Waals surface area (Å²) < 4.78 is 10.8. The molecule has 2 aromatic heterocycles. The third kappa shape index (κ3) is 2.68. The summed E-state index contributed by atoms with van der Waals surface area (Å²) in [7, 11) is 0. The molecular formula is C17H11NO4S. The largest absolute Gasteiger partial charge is 0.508 e. The summed E-state index contributed by atoms with van der Waals surface area (Å²) in [4.78, 5) is 16.1. The first-order valence-electron chi connectivity index (χ1n) is 6.93. The third-order valence-corrected chi connectivity index (χ3v) is 4.32. The first-order valence-corrected chi connectivity index (χ1v) is 7.92. The lowest BCUT2D eigenvalue weighted by Gasteiger charge is -2.04. The van der Waals surface area contributed by atoms with Gasteiger partial charge in [0, 0.05) is 23.3 Å². The monoisotopic (exact) mass is 325 g/mol. The molecule has 2 aromatic carbocycles. The minimum Gasteiger partial charge on any atom is -0.508 e. The van der Waals surface area contributed by atoms with Gasteiger partial charge in [-0.3, -0.25) is 0 Å². The molecule has 4 aromatic rings. The van der Waals surface area contributed by atoms with Crippen molar-refractivity contribution in [3.63, 3.8) is 0 Å². The molecule has 0 fully saturated rings. The van der Waals surface area contributed by atoms with Gasteiger partial charge >= 0.3 is 5.63 Å². The van der Waals surface area contributed by atoms with Crippen LogP contribution >= 0.6 is 11.8 Å². The molecular weight excluding hydrogens is 314 g/mol. The van der Waals surface area contributed by atoms with Gasteiger partial charge in [-0.05, 0) is 29.8 Å². The Morgan fingerprint density at radius 1 is 1.04 bits per heavy atom. The molecule has 0 saturated heterocycles. The van der Waals surface area contributed by atoms with Crippen LogP contribution in [0.1, 0.15) is 5.56 Å². The zero-order chi connectivity index (χ0) is 15.8. The molecule has 0 unspecified atom stereocenters. The topological polar surface area (TPSA) is 76.5 Å². The number of rotatable bonds is 3. The van der Waals surface area contributed by atoms with E-state index >= 15 is 0 Å². The van der Waals surface area contributed by atoms with E-state index in [0.717, 1.165) is 22.0 Å². The maximum absolute atomic E-state index is 11.7. The highest BCUT2D eigenvalue weighted by Crippen LogP contribution is 2.29. The van der Waals surface area contributed by atoms with Crippen molar-refractivity contribution in [2.24, 2.45) is 0 Å². The number of aromatic nitrogens is 1. The molecule has 4 rings (SSSR count). The summed E-state index contributed by atoms with van der Waals surface area (Å²) in [5.41, 5.74) is 2.26. The van der Waals surface area contributed by atoms with Gasteiger partial charge in [-0.15, -0.1) is 0 Å². The molecule has 0 aliphatic heterocycles. The maximum Gasteiger partial charge on any atom is 0.336 e. The summed E-state index contributed by atoms with van der Waals surface area (Å²) in [6.45, 7) is 0. The van der Waals surface area contributed by atoms with Gasteiger partial charge in [0.05, 0.1) is 0 Å². The SMILES string of the molecule is O=c1cc(CSc2nc3ccccc3o2)c2ccc(O)cc2o1. The molecule has 1 N–H and O–H groups in total. The number of fused-ring (bicyclic) bond motifs is 2. The van der Waals surface area contributed by atoms with E-state index in [4.69, 9.17) is 8.83 Å². The minimum absolute atomic E-state index is 0.0596. The number of aromatic hydroxyl groups is 1. The van der Waals surface area contributed by atoms with E-state index in [-0.39, 0.29) is 5.75 Å². The third-order valence-electron chi connectivity index (χ3n) is 3.44. The van der Waals surface area contributed by atoms with E-state index < -0.39 is 5.63 Å². The van der Waals surface area contributed by atoms with Crippen molar-refractivity contribution in [3.8, 4) is 5.75 Å². The van der Waals surface area contributed by atoms with Crippen LogP contribution < -0.4 is 5.63 Å². The molecule has 0 bridgehead atoms. The molecule has 6 heteroatoms. The average Bonchev–Trinajstić information content (AvgIpc) is 2.94. The fourth-order valence-corrected chi connectivity index (χ4v) is 3.22. The summed E-state index contributed by atoms with van der Waals surface area (Å²) in [5.74, 6) is 0.573. The second kappa shape index (κ2) is 5.48. The zero-order valence-corrected chi connectivity index (χ0v) is 12.7. The van der Waals surface area contributed by atoms with Crippen LogP contribution in [0, 0.1) is 0 Å². The summed E-state index contributed by atoms with van der Waals surface area (Å²) in [5, 5.41) is 10.8. The number of hydrogen-bond acceptors (Lipinski definition) is 6. The Morgan fingerprint density at radius 3 is 2.78 bits per heavy atom. The van der Waals surface area contributed by atoms with E-state index in [2.05, 4.69) is 4.98 Å². The molecule has 0 atom stereocenters. The molecule has 0 aliphatic carbocycles. The number of nitrogens with zero attached hydrogens (tertiary/aromatic N) is 1. The van der Waals surface area contributed by atoms with Crippen LogP contribution in [0.5, 0.6) is 5.75 Å². The van der Waals surface area contributed by atoms with Gasteiger partial charge < -0.3 is 13.9 Å². The Hall–Kier alpha value is -2.73. The fourth-order valence-electron chi connectivity index (χ4n) is 2.39. The molecule has 0 aliphatic rings. The van der Waals surface area contributed by atoms with Crippen molar-refractivity contribution in [1.29, 1.82) is 0 Å². The van der Waals surface area contributed by atoms with Crippen molar-refractivity contribution < 1.29 is 13.9 Å². The van der Waals surface area contributed by atoms with Crippen LogP contribution in [-0.2, 0) is 5.75 Å². The van der Waals surface area contributed by atoms with Gasteiger partial charge in [0.2, 0.25) is 0 Å². The van der Waals surface area contributed by atoms with Crippen LogP contribution in [0.4, 0.5) is 0 Å². The number of hydrogen-bond donors (Lipinski definition) is 1. The normalized spacial score (nSPS) is 11.3. The maximum atomic E-state index is 11.7. The highest BCUT2D eigenvalue weighted by atomic mass is 32.2.